The number of carboxylic acids is 1. The smallest absolute Gasteiger partial charge is 0.317 e. The summed E-state index contributed by atoms with van der Waals surface area (Å²) < 4.78 is 0. The maximum absolute atomic E-state index is 10.9. The fourth-order valence-electron chi connectivity index (χ4n) is 3.12. The summed E-state index contributed by atoms with van der Waals surface area (Å²) in [4.78, 5) is 17.4. The second-order valence-electron chi connectivity index (χ2n) is 6.05. The summed E-state index contributed by atoms with van der Waals surface area (Å²) in [6.07, 6.45) is 1.81. The van der Waals surface area contributed by atoms with E-state index < -0.39 is 5.97 Å². The number of pyridine rings is 1. The zero-order valence-corrected chi connectivity index (χ0v) is 14.8. The Kier molecular flexibility index (Phi) is 5.13. The van der Waals surface area contributed by atoms with E-state index >= 15 is 0 Å². The van der Waals surface area contributed by atoms with Gasteiger partial charge in [0.2, 0.25) is 0 Å². The Morgan fingerprint density at radius 3 is 2.67 bits per heavy atom. The molecule has 128 valence electrons. The zero-order valence-electron chi connectivity index (χ0n) is 13.3. The van der Waals surface area contributed by atoms with Crippen LogP contribution in [0.3, 0.4) is 0 Å². The summed E-state index contributed by atoms with van der Waals surface area (Å²) in [6, 6.07) is 7.92. The monoisotopic (exact) mass is 367 g/mol. The van der Waals surface area contributed by atoms with Gasteiger partial charge in [0.1, 0.15) is 5.82 Å². The molecule has 1 saturated carbocycles. The average molecular weight is 368 g/mol. The lowest BCUT2D eigenvalue weighted by Crippen LogP contribution is -2.51. The van der Waals surface area contributed by atoms with Crippen LogP contribution < -0.4 is 5.32 Å². The first-order valence-corrected chi connectivity index (χ1v) is 8.70. The highest BCUT2D eigenvalue weighted by molar-refractivity contribution is 6.39. The number of nitrogens with one attached hydrogen (secondary N) is 1. The molecular formula is C17H19Cl2N3O2. The van der Waals surface area contributed by atoms with Crippen molar-refractivity contribution in [2.75, 3.05) is 18.4 Å². The molecule has 1 heterocycles. The molecule has 0 amide bonds. The number of aromatic nitrogens is 1. The van der Waals surface area contributed by atoms with Gasteiger partial charge >= 0.3 is 5.97 Å². The number of halogens is 2. The lowest BCUT2D eigenvalue weighted by molar-refractivity contribution is -0.139. The number of benzene rings is 1. The van der Waals surface area contributed by atoms with Crippen molar-refractivity contribution in [2.24, 2.45) is 0 Å². The highest BCUT2D eigenvalue weighted by Gasteiger charge is 2.33. The van der Waals surface area contributed by atoms with E-state index in [1.165, 1.54) is 0 Å². The molecule has 24 heavy (non-hydrogen) atoms. The van der Waals surface area contributed by atoms with Crippen molar-refractivity contribution in [1.82, 2.24) is 9.88 Å². The van der Waals surface area contributed by atoms with E-state index in [1.807, 2.05) is 24.0 Å². The van der Waals surface area contributed by atoms with Gasteiger partial charge in [-0.1, -0.05) is 30.1 Å². The molecule has 0 saturated heterocycles. The molecule has 1 aliphatic rings. The second-order valence-corrected chi connectivity index (χ2v) is 6.86. The van der Waals surface area contributed by atoms with Gasteiger partial charge in [-0.3, -0.25) is 9.69 Å². The van der Waals surface area contributed by atoms with E-state index in [1.54, 1.807) is 12.1 Å². The van der Waals surface area contributed by atoms with Crippen LogP contribution in [0, 0.1) is 0 Å². The summed E-state index contributed by atoms with van der Waals surface area (Å²) >= 11 is 12.4. The third-order valence-corrected chi connectivity index (χ3v) is 5.12. The predicted octanol–water partition coefficient (Wildman–Crippen LogP) is 3.89. The number of rotatable bonds is 6. The summed E-state index contributed by atoms with van der Waals surface area (Å²) in [6.45, 7) is 2.82. The molecule has 0 unspecified atom stereocenters. The maximum Gasteiger partial charge on any atom is 0.317 e. The quantitative estimate of drug-likeness (QED) is 0.810. The Labute approximate surface area is 150 Å². The Bertz CT molecular complexity index is 763. The molecular weight excluding hydrogens is 349 g/mol. The van der Waals surface area contributed by atoms with Gasteiger partial charge in [-0.15, -0.1) is 0 Å². The Hall–Kier alpha value is -1.56. The van der Waals surface area contributed by atoms with Crippen LogP contribution in [0.4, 0.5) is 5.82 Å². The molecule has 0 bridgehead atoms. The van der Waals surface area contributed by atoms with Crippen LogP contribution in [0.1, 0.15) is 19.8 Å². The van der Waals surface area contributed by atoms with Crippen molar-refractivity contribution in [2.45, 2.75) is 31.8 Å². The third kappa shape index (κ3) is 3.58. The Morgan fingerprint density at radius 2 is 2.00 bits per heavy atom. The highest BCUT2D eigenvalue weighted by Crippen LogP contribution is 2.32. The Balaban J connectivity index is 1.65. The topological polar surface area (TPSA) is 65.5 Å². The molecule has 1 aliphatic carbocycles. The van der Waals surface area contributed by atoms with Crippen LogP contribution in [0.25, 0.3) is 10.9 Å². The van der Waals surface area contributed by atoms with Crippen LogP contribution >= 0.6 is 23.2 Å². The van der Waals surface area contributed by atoms with Gasteiger partial charge in [0.05, 0.1) is 22.1 Å². The summed E-state index contributed by atoms with van der Waals surface area (Å²) in [5, 5.41) is 14.4. The van der Waals surface area contributed by atoms with E-state index in [4.69, 9.17) is 28.3 Å². The van der Waals surface area contributed by atoms with Crippen LogP contribution in [0.2, 0.25) is 10.0 Å². The molecule has 1 aromatic heterocycles. The molecule has 2 aromatic rings. The van der Waals surface area contributed by atoms with Crippen LogP contribution in [0.5, 0.6) is 0 Å². The molecule has 1 aromatic carbocycles. The average Bonchev–Trinajstić information content (AvgIpc) is 2.52. The van der Waals surface area contributed by atoms with Crippen molar-refractivity contribution < 1.29 is 9.90 Å². The number of hydrogen-bond acceptors (Lipinski definition) is 4. The molecule has 7 heteroatoms. The van der Waals surface area contributed by atoms with E-state index in [0.29, 0.717) is 27.6 Å². The maximum atomic E-state index is 10.9. The lowest BCUT2D eigenvalue weighted by atomic mass is 9.85. The van der Waals surface area contributed by atoms with Gasteiger partial charge in [0.25, 0.3) is 0 Å². The normalized spacial score (nSPS) is 20.2. The number of anilines is 1. The van der Waals surface area contributed by atoms with Gasteiger partial charge in [-0.2, -0.15) is 0 Å². The number of likely N-dealkylation sites (N-methyl/N-ethyl adjacent to an activating group) is 1. The van der Waals surface area contributed by atoms with Crippen LogP contribution in [-0.2, 0) is 4.79 Å². The number of fused-ring (bicyclic) bond motifs is 1. The SMILES string of the molecule is CCN(CC(=O)O)C1CC(Nc2ccc3c(Cl)ccc(Cl)c3n2)C1. The van der Waals surface area contributed by atoms with E-state index in [9.17, 15) is 4.79 Å². The summed E-state index contributed by atoms with van der Waals surface area (Å²) in [5.74, 6) is -0.0209. The van der Waals surface area contributed by atoms with Gasteiger partial charge in [-0.05, 0) is 43.7 Å². The third-order valence-electron chi connectivity index (χ3n) is 4.48. The van der Waals surface area contributed by atoms with Crippen molar-refractivity contribution in [3.63, 3.8) is 0 Å². The highest BCUT2D eigenvalue weighted by atomic mass is 35.5. The lowest BCUT2D eigenvalue weighted by Gasteiger charge is -2.42. The fourth-order valence-corrected chi connectivity index (χ4v) is 3.54. The van der Waals surface area contributed by atoms with Crippen molar-refractivity contribution in [1.29, 1.82) is 0 Å². The van der Waals surface area contributed by atoms with Gasteiger partial charge < -0.3 is 10.4 Å². The van der Waals surface area contributed by atoms with Gasteiger partial charge in [0, 0.05) is 17.5 Å². The first kappa shape index (κ1) is 17.3. The fraction of sp³-hybridized carbons (Fsp3) is 0.412. The number of hydrogen-bond donors (Lipinski definition) is 2. The summed E-state index contributed by atoms with van der Waals surface area (Å²) in [5.41, 5.74) is 0.686. The second kappa shape index (κ2) is 7.13. The molecule has 0 radical (unpaired) electrons. The molecule has 1 fully saturated rings. The van der Waals surface area contributed by atoms with Crippen molar-refractivity contribution >= 4 is 45.9 Å². The predicted molar refractivity (Wildman–Crippen MR) is 97.1 cm³/mol. The minimum atomic E-state index is -0.782. The molecule has 0 spiro atoms. The Morgan fingerprint density at radius 1 is 1.29 bits per heavy atom. The largest absolute Gasteiger partial charge is 0.480 e. The van der Waals surface area contributed by atoms with Crippen LogP contribution in [0.15, 0.2) is 24.3 Å². The van der Waals surface area contributed by atoms with Crippen molar-refractivity contribution in [3.8, 4) is 0 Å². The van der Waals surface area contributed by atoms with Gasteiger partial charge in [-0.25, -0.2) is 4.98 Å². The molecule has 0 aliphatic heterocycles. The van der Waals surface area contributed by atoms with Crippen LogP contribution in [-0.4, -0.2) is 46.1 Å². The molecule has 3 rings (SSSR count). The summed E-state index contributed by atoms with van der Waals surface area (Å²) in [7, 11) is 0. The molecule has 0 atom stereocenters. The minimum Gasteiger partial charge on any atom is -0.480 e. The minimum absolute atomic E-state index is 0.0935. The number of nitrogens with zero attached hydrogens (tertiary/aromatic N) is 2. The number of carboxylic acid groups (broad SMARTS) is 1. The van der Waals surface area contributed by atoms with E-state index in [-0.39, 0.29) is 6.54 Å². The van der Waals surface area contributed by atoms with E-state index in [2.05, 4.69) is 10.3 Å². The molecule has 2 N–H and O–H groups in total. The first-order valence-electron chi connectivity index (χ1n) is 7.95. The van der Waals surface area contributed by atoms with E-state index in [0.717, 1.165) is 30.6 Å². The molecule has 5 nitrogen and oxygen atoms in total. The number of aliphatic carboxylic acids is 1. The number of carbonyl (C=O) groups is 1. The van der Waals surface area contributed by atoms with Gasteiger partial charge in [0.15, 0.2) is 0 Å². The van der Waals surface area contributed by atoms with Crippen molar-refractivity contribution in [3.05, 3.63) is 34.3 Å². The first-order chi connectivity index (χ1) is 11.5. The zero-order chi connectivity index (χ0) is 17.3. The standard InChI is InChI=1S/C17H19Cl2N3O2/c1-2-22(9-16(23)24)11-7-10(8-11)20-15-6-3-12-13(18)4-5-14(19)17(12)21-15/h3-6,10-11H,2,7-9H2,1H3,(H,20,21)(H,23,24).